The van der Waals surface area contributed by atoms with E-state index < -0.39 is 34.6 Å². The molecule has 0 spiro atoms. The van der Waals surface area contributed by atoms with Gasteiger partial charge in [-0.3, -0.25) is 14.6 Å². The van der Waals surface area contributed by atoms with Crippen LogP contribution in [-0.4, -0.2) is 108 Å². The van der Waals surface area contributed by atoms with E-state index in [1.54, 1.807) is 13.0 Å². The zero-order valence-corrected chi connectivity index (χ0v) is 22.4. The van der Waals surface area contributed by atoms with Crippen molar-refractivity contribution < 1.29 is 23.1 Å². The van der Waals surface area contributed by atoms with Gasteiger partial charge in [0.15, 0.2) is 11.6 Å². The zero-order valence-electron chi connectivity index (χ0n) is 22.4. The van der Waals surface area contributed by atoms with E-state index in [0.717, 1.165) is 58.4 Å². The first kappa shape index (κ1) is 28.4. The van der Waals surface area contributed by atoms with Gasteiger partial charge in [0.05, 0.1) is 30.0 Å². The summed E-state index contributed by atoms with van der Waals surface area (Å²) in [5.74, 6) is -3.60. The Bertz CT molecular complexity index is 1130. The average molecular weight is 534 g/mol. The summed E-state index contributed by atoms with van der Waals surface area (Å²) in [5.41, 5.74) is -0.994. The number of nitrogens with one attached hydrogen (secondary N) is 1. The van der Waals surface area contributed by atoms with E-state index in [-0.39, 0.29) is 24.3 Å². The highest BCUT2D eigenvalue weighted by Crippen LogP contribution is 2.32. The Morgan fingerprint density at radius 1 is 1.00 bits per heavy atom. The summed E-state index contributed by atoms with van der Waals surface area (Å²) in [6.45, 7) is 14.4. The number of carbonyl (C=O) groups excluding carboxylic acids is 1. The van der Waals surface area contributed by atoms with E-state index in [2.05, 4.69) is 33.9 Å². The molecule has 1 amide bonds. The maximum Gasteiger partial charge on any atom is 0.256 e. The summed E-state index contributed by atoms with van der Waals surface area (Å²) in [6, 6.07) is 6.37. The molecule has 2 aromatic carbocycles. The Kier molecular flexibility index (Phi) is 8.97. The molecule has 2 saturated heterocycles. The van der Waals surface area contributed by atoms with Gasteiger partial charge in [0.2, 0.25) is 0 Å². The quantitative estimate of drug-likeness (QED) is 0.489. The second-order valence-electron chi connectivity index (χ2n) is 10.4. The molecule has 38 heavy (non-hydrogen) atoms. The fourth-order valence-corrected chi connectivity index (χ4v) is 5.20. The van der Waals surface area contributed by atoms with Crippen LogP contribution in [0.15, 0.2) is 30.3 Å². The number of carbonyl (C=O) groups is 1. The minimum atomic E-state index is -1.26. The highest BCUT2D eigenvalue weighted by Gasteiger charge is 2.45. The van der Waals surface area contributed by atoms with Gasteiger partial charge in [0, 0.05) is 45.8 Å². The molecule has 4 rings (SSSR count). The van der Waals surface area contributed by atoms with Gasteiger partial charge in [-0.05, 0) is 49.8 Å². The molecule has 0 unspecified atom stereocenters. The van der Waals surface area contributed by atoms with E-state index in [1.165, 1.54) is 23.1 Å². The van der Waals surface area contributed by atoms with Crippen molar-refractivity contribution in [1.82, 2.24) is 19.6 Å². The van der Waals surface area contributed by atoms with Crippen LogP contribution in [0.5, 0.6) is 0 Å². The summed E-state index contributed by atoms with van der Waals surface area (Å²) in [5, 5.41) is 13.6. The normalized spacial score (nSPS) is 18.1. The van der Waals surface area contributed by atoms with Gasteiger partial charge in [-0.15, -0.1) is 0 Å². The molecule has 2 aliphatic rings. The summed E-state index contributed by atoms with van der Waals surface area (Å²) in [7, 11) is 0. The zero-order chi connectivity index (χ0) is 27.4. The Hall–Kier alpha value is -2.66. The third kappa shape index (κ3) is 6.48. The predicted octanol–water partition coefficient (Wildman–Crippen LogP) is 3.30. The van der Waals surface area contributed by atoms with Gasteiger partial charge < -0.3 is 20.2 Å². The molecule has 2 heterocycles. The van der Waals surface area contributed by atoms with Crippen LogP contribution >= 0.6 is 0 Å². The molecule has 10 heteroatoms. The van der Waals surface area contributed by atoms with Crippen molar-refractivity contribution in [1.29, 1.82) is 0 Å². The number of aryl methyl sites for hydroxylation is 1. The number of halogens is 3. The lowest BCUT2D eigenvalue weighted by Gasteiger charge is -2.49. The minimum absolute atomic E-state index is 0.0643. The molecular formula is C28H38F3N5O2. The summed E-state index contributed by atoms with van der Waals surface area (Å²) in [4.78, 5) is 21.7. The molecule has 2 N–H and O–H groups in total. The maximum atomic E-state index is 14.7. The Morgan fingerprint density at radius 2 is 1.66 bits per heavy atom. The second kappa shape index (κ2) is 12.0. The average Bonchev–Trinajstić information content (AvgIpc) is 2.88. The lowest BCUT2D eigenvalue weighted by Crippen LogP contribution is -2.68. The SMILES string of the molecule is CCN(CC)CCN1CCN(CC2(O)CN(C(=O)c3ccc(F)c(F)c3Nc3ccc(C)cc3F)C2)CC1. The number of hydrogen-bond donors (Lipinski definition) is 2. The number of anilines is 2. The molecule has 2 aliphatic heterocycles. The first-order valence-electron chi connectivity index (χ1n) is 13.3. The van der Waals surface area contributed by atoms with E-state index in [9.17, 15) is 23.1 Å². The van der Waals surface area contributed by atoms with E-state index in [4.69, 9.17) is 0 Å². The third-order valence-electron chi connectivity index (χ3n) is 7.58. The number of β-amino-alcohol motifs (C(OH)–C–C–N with tert-alkyl or cyclic N) is 1. The lowest BCUT2D eigenvalue weighted by atomic mass is 9.92. The molecule has 0 radical (unpaired) electrons. The Morgan fingerprint density at radius 3 is 2.29 bits per heavy atom. The van der Waals surface area contributed by atoms with Gasteiger partial charge in [-0.1, -0.05) is 19.9 Å². The van der Waals surface area contributed by atoms with Crippen LogP contribution in [0.25, 0.3) is 0 Å². The van der Waals surface area contributed by atoms with Crippen LogP contribution in [0, 0.1) is 24.4 Å². The molecule has 0 aromatic heterocycles. The summed E-state index contributed by atoms with van der Waals surface area (Å²) < 4.78 is 43.2. The van der Waals surface area contributed by atoms with Crippen LogP contribution in [0.2, 0.25) is 0 Å². The molecule has 0 aliphatic carbocycles. The van der Waals surface area contributed by atoms with Crippen molar-refractivity contribution in [2.75, 3.05) is 77.3 Å². The van der Waals surface area contributed by atoms with Gasteiger partial charge in [0.1, 0.15) is 11.4 Å². The number of likely N-dealkylation sites (N-methyl/N-ethyl adjacent to an activating group) is 1. The third-order valence-corrected chi connectivity index (χ3v) is 7.58. The van der Waals surface area contributed by atoms with E-state index >= 15 is 0 Å². The van der Waals surface area contributed by atoms with E-state index in [0.29, 0.717) is 12.1 Å². The number of piperazine rings is 1. The van der Waals surface area contributed by atoms with Crippen molar-refractivity contribution in [2.45, 2.75) is 26.4 Å². The molecule has 208 valence electrons. The molecule has 0 bridgehead atoms. The Balaban J connectivity index is 1.34. The first-order valence-corrected chi connectivity index (χ1v) is 13.3. The fraction of sp³-hybridized carbons (Fsp3) is 0.536. The highest BCUT2D eigenvalue weighted by molar-refractivity contribution is 6.01. The van der Waals surface area contributed by atoms with E-state index in [1.807, 2.05) is 0 Å². The predicted molar refractivity (Wildman–Crippen MR) is 142 cm³/mol. The molecule has 0 saturated carbocycles. The monoisotopic (exact) mass is 533 g/mol. The van der Waals surface area contributed by atoms with Crippen molar-refractivity contribution >= 4 is 17.3 Å². The maximum absolute atomic E-state index is 14.7. The van der Waals surface area contributed by atoms with Crippen LogP contribution in [0.1, 0.15) is 29.8 Å². The topological polar surface area (TPSA) is 62.3 Å². The van der Waals surface area contributed by atoms with Crippen LogP contribution < -0.4 is 5.32 Å². The van der Waals surface area contributed by atoms with Gasteiger partial charge in [0.25, 0.3) is 5.91 Å². The molecule has 2 fully saturated rings. The second-order valence-corrected chi connectivity index (χ2v) is 10.4. The van der Waals surface area contributed by atoms with Gasteiger partial charge in [-0.2, -0.15) is 0 Å². The number of rotatable bonds is 10. The number of aliphatic hydroxyl groups is 1. The Labute approximate surface area is 222 Å². The molecular weight excluding hydrogens is 495 g/mol. The number of nitrogens with zero attached hydrogens (tertiary/aromatic N) is 4. The standard InChI is InChI=1S/C28H38F3N5O2/c1-4-33(5-2)10-11-34-12-14-35(15-13-34)17-28(38)18-36(19-28)27(37)21-7-8-22(29)25(31)26(21)32-24-9-6-20(3)16-23(24)30/h6-9,16,32,38H,4-5,10-15,17-19H2,1-3H3. The van der Waals surface area contributed by atoms with Gasteiger partial charge >= 0.3 is 0 Å². The number of hydrogen-bond acceptors (Lipinski definition) is 6. The largest absolute Gasteiger partial charge is 0.385 e. The lowest BCUT2D eigenvalue weighted by molar-refractivity contribution is -0.102. The van der Waals surface area contributed by atoms with Gasteiger partial charge in [-0.25, -0.2) is 13.2 Å². The highest BCUT2D eigenvalue weighted by atomic mass is 19.2. The molecule has 2 aromatic rings. The van der Waals surface area contributed by atoms with Crippen LogP contribution in [0.3, 0.4) is 0 Å². The first-order chi connectivity index (χ1) is 18.1. The van der Waals surface area contributed by atoms with Crippen molar-refractivity contribution in [2.24, 2.45) is 0 Å². The van der Waals surface area contributed by atoms with Crippen LogP contribution in [0.4, 0.5) is 24.5 Å². The number of likely N-dealkylation sites (tertiary alicyclic amines) is 1. The smallest absolute Gasteiger partial charge is 0.256 e. The molecule has 0 atom stereocenters. The summed E-state index contributed by atoms with van der Waals surface area (Å²) >= 11 is 0. The van der Waals surface area contributed by atoms with Crippen molar-refractivity contribution in [3.8, 4) is 0 Å². The molecule has 7 nitrogen and oxygen atoms in total. The minimum Gasteiger partial charge on any atom is -0.385 e. The summed E-state index contributed by atoms with van der Waals surface area (Å²) in [6.07, 6.45) is 0. The van der Waals surface area contributed by atoms with Crippen LogP contribution in [-0.2, 0) is 0 Å². The van der Waals surface area contributed by atoms with Crippen molar-refractivity contribution in [3.05, 3.63) is 58.9 Å². The fourth-order valence-electron chi connectivity index (χ4n) is 5.20. The number of benzene rings is 2. The van der Waals surface area contributed by atoms with Crippen molar-refractivity contribution in [3.63, 3.8) is 0 Å². The number of amides is 1.